The van der Waals surface area contributed by atoms with E-state index in [0.717, 1.165) is 54.3 Å². The van der Waals surface area contributed by atoms with Gasteiger partial charge >= 0.3 is 0 Å². The molecule has 0 bridgehead atoms. The average molecular weight is 470 g/mol. The van der Waals surface area contributed by atoms with Crippen molar-refractivity contribution in [2.45, 2.75) is 45.1 Å². The summed E-state index contributed by atoms with van der Waals surface area (Å²) >= 11 is 0. The Hall–Kier alpha value is -3.06. The molecule has 0 saturated carbocycles. The Morgan fingerprint density at radius 1 is 1.18 bits per heavy atom. The molecule has 2 atom stereocenters. The van der Waals surface area contributed by atoms with E-state index >= 15 is 0 Å². The second kappa shape index (κ2) is 11.2. The highest BCUT2D eigenvalue weighted by Crippen LogP contribution is 2.26. The van der Waals surface area contributed by atoms with Crippen molar-refractivity contribution in [3.8, 4) is 0 Å². The summed E-state index contributed by atoms with van der Waals surface area (Å²) in [6.45, 7) is 5.35. The maximum atomic E-state index is 13.3. The molecule has 0 unspecified atom stereocenters. The SMILES string of the molecule is CC(=O)N[C@H]1CCN(c2cc(Cc3cnccn3)nc(C[C@@H](C)c3ccc(F)cc3)c2)C1.Cl. The Morgan fingerprint density at radius 3 is 2.64 bits per heavy atom. The first kappa shape index (κ1) is 24.6. The summed E-state index contributed by atoms with van der Waals surface area (Å²) in [5, 5.41) is 3.02. The van der Waals surface area contributed by atoms with Gasteiger partial charge < -0.3 is 10.2 Å². The third-order valence-electron chi connectivity index (χ3n) is 5.81. The smallest absolute Gasteiger partial charge is 0.217 e. The van der Waals surface area contributed by atoms with Gasteiger partial charge in [0.2, 0.25) is 5.91 Å². The summed E-state index contributed by atoms with van der Waals surface area (Å²) < 4.78 is 13.3. The molecular formula is C25H29ClFN5O. The molecule has 3 heterocycles. The van der Waals surface area contributed by atoms with Crippen LogP contribution in [0, 0.1) is 5.82 Å². The maximum absolute atomic E-state index is 13.3. The van der Waals surface area contributed by atoms with Gasteiger partial charge in [0.05, 0.1) is 5.69 Å². The zero-order chi connectivity index (χ0) is 22.5. The Bertz CT molecular complexity index is 1060. The molecular weight excluding hydrogens is 441 g/mol. The molecule has 6 nitrogen and oxygen atoms in total. The van der Waals surface area contributed by atoms with Gasteiger partial charge in [0, 0.05) is 68.1 Å². The summed E-state index contributed by atoms with van der Waals surface area (Å²) in [4.78, 5) is 27.2. The van der Waals surface area contributed by atoms with Crippen LogP contribution < -0.4 is 10.2 Å². The number of carbonyl (C=O) groups is 1. The van der Waals surface area contributed by atoms with E-state index in [9.17, 15) is 9.18 Å². The monoisotopic (exact) mass is 469 g/mol. The third-order valence-corrected chi connectivity index (χ3v) is 5.81. The van der Waals surface area contributed by atoms with E-state index in [0.29, 0.717) is 6.42 Å². The van der Waals surface area contributed by atoms with E-state index in [-0.39, 0.29) is 36.1 Å². The van der Waals surface area contributed by atoms with Crippen molar-refractivity contribution in [3.63, 3.8) is 0 Å². The third kappa shape index (κ3) is 6.71. The van der Waals surface area contributed by atoms with E-state index in [4.69, 9.17) is 4.98 Å². The number of hydrogen-bond donors (Lipinski definition) is 1. The number of amides is 1. The van der Waals surface area contributed by atoms with Crippen molar-refractivity contribution in [1.29, 1.82) is 0 Å². The molecule has 3 aromatic rings. The second-order valence-electron chi connectivity index (χ2n) is 8.47. The van der Waals surface area contributed by atoms with Crippen molar-refractivity contribution < 1.29 is 9.18 Å². The van der Waals surface area contributed by atoms with Gasteiger partial charge in [0.1, 0.15) is 5.82 Å². The van der Waals surface area contributed by atoms with Crippen LogP contribution in [-0.2, 0) is 17.6 Å². The Morgan fingerprint density at radius 2 is 1.94 bits per heavy atom. The Balaban J connectivity index is 0.00000306. The lowest BCUT2D eigenvalue weighted by molar-refractivity contribution is -0.119. The first-order valence-electron chi connectivity index (χ1n) is 11.0. The van der Waals surface area contributed by atoms with Crippen LogP contribution in [-0.4, -0.2) is 40.0 Å². The molecule has 8 heteroatoms. The molecule has 1 aliphatic heterocycles. The molecule has 2 aromatic heterocycles. The quantitative estimate of drug-likeness (QED) is 0.564. The number of nitrogens with one attached hydrogen (secondary N) is 1. The molecule has 0 spiro atoms. The van der Waals surface area contributed by atoms with Crippen molar-refractivity contribution >= 4 is 24.0 Å². The van der Waals surface area contributed by atoms with Crippen LogP contribution in [0.2, 0.25) is 0 Å². The van der Waals surface area contributed by atoms with Crippen molar-refractivity contribution in [3.05, 3.63) is 83.5 Å². The fourth-order valence-electron chi connectivity index (χ4n) is 4.24. The van der Waals surface area contributed by atoms with E-state index in [1.807, 2.05) is 12.1 Å². The van der Waals surface area contributed by atoms with Gasteiger partial charge in [-0.15, -0.1) is 12.4 Å². The number of halogens is 2. The summed E-state index contributed by atoms with van der Waals surface area (Å²) in [6, 6.07) is 11.1. The Kier molecular flexibility index (Phi) is 8.33. The van der Waals surface area contributed by atoms with Crippen LogP contribution >= 0.6 is 12.4 Å². The molecule has 1 fully saturated rings. The molecule has 1 aromatic carbocycles. The summed E-state index contributed by atoms with van der Waals surface area (Å²) in [5.74, 6) is -0.0211. The van der Waals surface area contributed by atoms with E-state index in [2.05, 4.69) is 39.2 Å². The number of rotatable bonds is 7. The molecule has 33 heavy (non-hydrogen) atoms. The first-order chi connectivity index (χ1) is 15.5. The minimum Gasteiger partial charge on any atom is -0.369 e. The van der Waals surface area contributed by atoms with Crippen LogP contribution in [0.15, 0.2) is 55.0 Å². The lowest BCUT2D eigenvalue weighted by Gasteiger charge is -2.21. The average Bonchev–Trinajstić information content (AvgIpc) is 3.22. The Labute approximate surface area is 200 Å². The molecule has 1 N–H and O–H groups in total. The van der Waals surface area contributed by atoms with Gasteiger partial charge in [-0.25, -0.2) is 4.39 Å². The maximum Gasteiger partial charge on any atom is 0.217 e. The highest BCUT2D eigenvalue weighted by atomic mass is 35.5. The molecule has 1 amide bonds. The molecule has 174 valence electrons. The minimum atomic E-state index is -0.227. The standard InChI is InChI=1S/C25H28FN5O.ClH/c1-17(19-3-5-20(26)6-4-19)11-22-13-25(31-10-7-21(16-31)29-18(2)32)14-23(30-22)12-24-15-27-8-9-28-24;/h3-6,8-9,13-15,17,21H,7,10-12,16H2,1-2H3,(H,29,32);1H/t17-,21+;/m1./s1. The zero-order valence-electron chi connectivity index (χ0n) is 18.9. The van der Waals surface area contributed by atoms with Gasteiger partial charge in [-0.1, -0.05) is 19.1 Å². The van der Waals surface area contributed by atoms with E-state index in [1.54, 1.807) is 25.5 Å². The normalized spacial score (nSPS) is 16.2. The highest BCUT2D eigenvalue weighted by Gasteiger charge is 2.24. The number of carbonyl (C=O) groups excluding carboxylic acids is 1. The molecule has 0 radical (unpaired) electrons. The largest absolute Gasteiger partial charge is 0.369 e. The highest BCUT2D eigenvalue weighted by molar-refractivity contribution is 5.85. The van der Waals surface area contributed by atoms with Crippen molar-refractivity contribution in [2.24, 2.45) is 0 Å². The predicted molar refractivity (Wildman–Crippen MR) is 129 cm³/mol. The lowest BCUT2D eigenvalue weighted by atomic mass is 9.95. The lowest BCUT2D eigenvalue weighted by Crippen LogP contribution is -2.35. The topological polar surface area (TPSA) is 71.0 Å². The second-order valence-corrected chi connectivity index (χ2v) is 8.47. The summed E-state index contributed by atoms with van der Waals surface area (Å²) in [5.41, 5.74) is 4.98. The van der Waals surface area contributed by atoms with E-state index in [1.165, 1.54) is 12.1 Å². The molecule has 4 rings (SSSR count). The van der Waals surface area contributed by atoms with Crippen LogP contribution in [0.4, 0.5) is 10.1 Å². The first-order valence-corrected chi connectivity index (χ1v) is 11.0. The number of pyridine rings is 1. The van der Waals surface area contributed by atoms with Gasteiger partial charge in [-0.3, -0.25) is 19.7 Å². The predicted octanol–water partition coefficient (Wildman–Crippen LogP) is 4.08. The number of benzene rings is 1. The van der Waals surface area contributed by atoms with E-state index < -0.39 is 0 Å². The number of hydrogen-bond acceptors (Lipinski definition) is 5. The van der Waals surface area contributed by atoms with Gasteiger partial charge in [0.25, 0.3) is 0 Å². The molecule has 1 aliphatic rings. The zero-order valence-corrected chi connectivity index (χ0v) is 19.7. The van der Waals surface area contributed by atoms with Gasteiger partial charge in [-0.05, 0) is 48.6 Å². The number of anilines is 1. The minimum absolute atomic E-state index is 0. The number of aromatic nitrogens is 3. The van der Waals surface area contributed by atoms with Crippen LogP contribution in [0.3, 0.4) is 0 Å². The fraction of sp³-hybridized carbons (Fsp3) is 0.360. The van der Waals surface area contributed by atoms with Crippen LogP contribution in [0.1, 0.15) is 48.8 Å². The van der Waals surface area contributed by atoms with Gasteiger partial charge in [0.15, 0.2) is 0 Å². The number of nitrogens with zero attached hydrogens (tertiary/aromatic N) is 4. The van der Waals surface area contributed by atoms with Crippen LogP contribution in [0.5, 0.6) is 0 Å². The molecule has 1 saturated heterocycles. The van der Waals surface area contributed by atoms with Crippen molar-refractivity contribution in [2.75, 3.05) is 18.0 Å². The molecule has 0 aliphatic carbocycles. The summed E-state index contributed by atoms with van der Waals surface area (Å²) in [7, 11) is 0. The summed E-state index contributed by atoms with van der Waals surface area (Å²) in [6.07, 6.45) is 7.38. The van der Waals surface area contributed by atoms with Gasteiger partial charge in [-0.2, -0.15) is 0 Å². The fourth-order valence-corrected chi connectivity index (χ4v) is 4.24. The van der Waals surface area contributed by atoms with Crippen LogP contribution in [0.25, 0.3) is 0 Å². The van der Waals surface area contributed by atoms with Crippen molar-refractivity contribution in [1.82, 2.24) is 20.3 Å².